The lowest BCUT2D eigenvalue weighted by molar-refractivity contribution is 0.384. The molecular formula is C14H15NO3S. The average molecular weight is 277 g/mol. The fourth-order valence-corrected chi connectivity index (χ4v) is 2.18. The van der Waals surface area contributed by atoms with Gasteiger partial charge in [-0.25, -0.2) is 0 Å². The van der Waals surface area contributed by atoms with Gasteiger partial charge in [0, 0.05) is 13.6 Å². The summed E-state index contributed by atoms with van der Waals surface area (Å²) >= 11 is 0. The van der Waals surface area contributed by atoms with Crippen molar-refractivity contribution >= 4 is 10.3 Å². The zero-order chi connectivity index (χ0) is 13.9. The van der Waals surface area contributed by atoms with Gasteiger partial charge in [-0.1, -0.05) is 54.6 Å². The number of hydrogen-bond donors (Lipinski definition) is 1. The summed E-state index contributed by atoms with van der Waals surface area (Å²) in [6, 6.07) is 17.2. The van der Waals surface area contributed by atoms with Crippen LogP contribution in [0.4, 0.5) is 0 Å². The van der Waals surface area contributed by atoms with E-state index in [1.165, 1.54) is 7.05 Å². The molecule has 0 atom stereocenters. The van der Waals surface area contributed by atoms with Crippen LogP contribution in [0.25, 0.3) is 11.1 Å². The van der Waals surface area contributed by atoms with Gasteiger partial charge in [-0.15, -0.1) is 0 Å². The summed E-state index contributed by atoms with van der Waals surface area (Å²) in [5.74, 6) is 0. The molecule has 4 nitrogen and oxygen atoms in total. The van der Waals surface area contributed by atoms with Gasteiger partial charge in [0.1, 0.15) is 0 Å². The highest BCUT2D eigenvalue weighted by Crippen LogP contribution is 2.24. The molecule has 2 rings (SSSR count). The lowest BCUT2D eigenvalue weighted by Crippen LogP contribution is -2.25. The molecule has 0 heterocycles. The van der Waals surface area contributed by atoms with Gasteiger partial charge >= 0.3 is 10.3 Å². The van der Waals surface area contributed by atoms with Gasteiger partial charge in [-0.3, -0.25) is 4.55 Å². The summed E-state index contributed by atoms with van der Waals surface area (Å²) in [6.07, 6.45) is 0. The molecule has 0 aromatic heterocycles. The monoisotopic (exact) mass is 277 g/mol. The molecule has 1 N–H and O–H groups in total. The molecule has 19 heavy (non-hydrogen) atoms. The van der Waals surface area contributed by atoms with E-state index in [2.05, 4.69) is 0 Å². The lowest BCUT2D eigenvalue weighted by Gasteiger charge is -2.15. The molecule has 2 aromatic carbocycles. The van der Waals surface area contributed by atoms with E-state index in [0.717, 1.165) is 21.0 Å². The number of hydrogen-bond acceptors (Lipinski definition) is 2. The van der Waals surface area contributed by atoms with Gasteiger partial charge in [0.15, 0.2) is 0 Å². The maximum atomic E-state index is 11.1. The largest absolute Gasteiger partial charge is 0.335 e. The quantitative estimate of drug-likeness (QED) is 0.874. The van der Waals surface area contributed by atoms with Crippen molar-refractivity contribution in [3.63, 3.8) is 0 Å². The maximum absolute atomic E-state index is 11.1. The zero-order valence-electron chi connectivity index (χ0n) is 10.5. The Balaban J connectivity index is 2.38. The van der Waals surface area contributed by atoms with Crippen molar-refractivity contribution in [3.05, 3.63) is 60.2 Å². The van der Waals surface area contributed by atoms with Gasteiger partial charge in [0.2, 0.25) is 0 Å². The van der Waals surface area contributed by atoms with Crippen molar-refractivity contribution < 1.29 is 13.0 Å². The van der Waals surface area contributed by atoms with Crippen molar-refractivity contribution in [1.82, 2.24) is 4.31 Å². The van der Waals surface area contributed by atoms with E-state index in [-0.39, 0.29) is 6.54 Å². The third kappa shape index (κ3) is 3.41. The Bertz CT molecular complexity index is 653. The molecule has 0 spiro atoms. The minimum Gasteiger partial charge on any atom is -0.273 e. The summed E-state index contributed by atoms with van der Waals surface area (Å²) in [7, 11) is -2.82. The van der Waals surface area contributed by atoms with E-state index < -0.39 is 10.3 Å². The van der Waals surface area contributed by atoms with Crippen LogP contribution < -0.4 is 0 Å². The molecule has 0 aliphatic carbocycles. The Kier molecular flexibility index (Phi) is 3.99. The van der Waals surface area contributed by atoms with Crippen LogP contribution in [0, 0.1) is 0 Å². The van der Waals surface area contributed by atoms with Crippen LogP contribution >= 0.6 is 0 Å². The maximum Gasteiger partial charge on any atom is 0.335 e. The van der Waals surface area contributed by atoms with Crippen molar-refractivity contribution in [1.29, 1.82) is 0 Å². The summed E-state index contributed by atoms with van der Waals surface area (Å²) in [4.78, 5) is 0. The molecule has 0 saturated carbocycles. The van der Waals surface area contributed by atoms with Crippen LogP contribution in [0.5, 0.6) is 0 Å². The van der Waals surface area contributed by atoms with E-state index >= 15 is 0 Å². The van der Waals surface area contributed by atoms with Gasteiger partial charge < -0.3 is 0 Å². The first-order valence-corrected chi connectivity index (χ1v) is 7.20. The zero-order valence-corrected chi connectivity index (χ0v) is 11.3. The molecule has 100 valence electrons. The number of benzene rings is 2. The Morgan fingerprint density at radius 2 is 1.58 bits per heavy atom. The molecule has 0 fully saturated rings. The lowest BCUT2D eigenvalue weighted by atomic mass is 10.00. The Morgan fingerprint density at radius 3 is 2.21 bits per heavy atom. The minimum absolute atomic E-state index is 0.129. The molecule has 2 aromatic rings. The second-order valence-corrected chi connectivity index (χ2v) is 5.78. The second-order valence-electron chi connectivity index (χ2n) is 4.26. The highest BCUT2D eigenvalue weighted by Gasteiger charge is 2.15. The molecule has 0 radical (unpaired) electrons. The topological polar surface area (TPSA) is 57.6 Å². The highest BCUT2D eigenvalue weighted by molar-refractivity contribution is 7.83. The summed E-state index contributed by atoms with van der Waals surface area (Å²) in [6.45, 7) is 0.129. The van der Waals surface area contributed by atoms with Gasteiger partial charge in [0.25, 0.3) is 0 Å². The van der Waals surface area contributed by atoms with Gasteiger partial charge in [-0.2, -0.15) is 12.7 Å². The Labute approximate surface area is 113 Å². The van der Waals surface area contributed by atoms with E-state index in [4.69, 9.17) is 4.55 Å². The van der Waals surface area contributed by atoms with Crippen LogP contribution in [0.3, 0.4) is 0 Å². The van der Waals surface area contributed by atoms with Crippen LogP contribution in [-0.4, -0.2) is 24.3 Å². The Hall–Kier alpha value is -1.69. The summed E-state index contributed by atoms with van der Waals surface area (Å²) in [5.41, 5.74) is 2.81. The normalized spacial score (nSPS) is 11.7. The number of nitrogens with zero attached hydrogens (tertiary/aromatic N) is 1. The number of rotatable bonds is 4. The van der Waals surface area contributed by atoms with Crippen molar-refractivity contribution in [2.45, 2.75) is 6.54 Å². The molecule has 0 aliphatic heterocycles. The first-order valence-electron chi connectivity index (χ1n) is 5.80. The minimum atomic E-state index is -4.17. The highest BCUT2D eigenvalue weighted by atomic mass is 32.2. The van der Waals surface area contributed by atoms with Crippen LogP contribution in [-0.2, 0) is 16.8 Å². The van der Waals surface area contributed by atoms with Crippen molar-refractivity contribution in [3.8, 4) is 11.1 Å². The van der Waals surface area contributed by atoms with E-state index in [9.17, 15) is 8.42 Å². The van der Waals surface area contributed by atoms with Crippen LogP contribution in [0.15, 0.2) is 54.6 Å². The summed E-state index contributed by atoms with van der Waals surface area (Å²) < 4.78 is 32.0. The first kappa shape index (κ1) is 13.7. The van der Waals surface area contributed by atoms with Gasteiger partial charge in [0.05, 0.1) is 0 Å². The molecule has 0 amide bonds. The van der Waals surface area contributed by atoms with Gasteiger partial charge in [-0.05, 0) is 16.7 Å². The average Bonchev–Trinajstić information content (AvgIpc) is 2.39. The molecular weight excluding hydrogens is 262 g/mol. The first-order chi connectivity index (χ1) is 8.98. The molecule has 0 bridgehead atoms. The smallest absolute Gasteiger partial charge is 0.273 e. The fourth-order valence-electron chi connectivity index (χ4n) is 1.88. The van der Waals surface area contributed by atoms with Crippen LogP contribution in [0.1, 0.15) is 5.56 Å². The molecule has 5 heteroatoms. The van der Waals surface area contributed by atoms with E-state index in [1.54, 1.807) is 0 Å². The van der Waals surface area contributed by atoms with Crippen LogP contribution in [0.2, 0.25) is 0 Å². The SMILES string of the molecule is CN(Cc1ccccc1-c1ccccc1)S(=O)(=O)O. The predicted octanol–water partition coefficient (Wildman–Crippen LogP) is 2.59. The standard InChI is InChI=1S/C14H15NO3S/c1-15(19(16,17)18)11-13-9-5-6-10-14(13)12-7-3-2-4-8-12/h2-10H,11H2,1H3,(H,16,17,18). The fraction of sp³-hybridized carbons (Fsp3) is 0.143. The third-order valence-electron chi connectivity index (χ3n) is 2.89. The van der Waals surface area contributed by atoms with E-state index in [1.807, 2.05) is 54.6 Å². The molecule has 0 aliphatic rings. The summed E-state index contributed by atoms with van der Waals surface area (Å²) in [5, 5.41) is 0. The van der Waals surface area contributed by atoms with Crippen molar-refractivity contribution in [2.75, 3.05) is 7.05 Å². The van der Waals surface area contributed by atoms with Crippen molar-refractivity contribution in [2.24, 2.45) is 0 Å². The molecule has 0 unspecified atom stereocenters. The second kappa shape index (κ2) is 5.52. The third-order valence-corrected chi connectivity index (χ3v) is 3.81. The van der Waals surface area contributed by atoms with E-state index in [0.29, 0.717) is 0 Å². The predicted molar refractivity (Wildman–Crippen MR) is 74.9 cm³/mol. The molecule has 0 saturated heterocycles. The Morgan fingerprint density at radius 1 is 1.00 bits per heavy atom.